The number of hydrazine groups is 1. The van der Waals surface area contributed by atoms with E-state index in [0.717, 1.165) is 0 Å². The first kappa shape index (κ1) is 19.4. The lowest BCUT2D eigenvalue weighted by molar-refractivity contribution is -0.384. The molecule has 0 fully saturated rings. The molecule has 0 heterocycles. The van der Waals surface area contributed by atoms with Gasteiger partial charge in [-0.3, -0.25) is 20.3 Å². The number of carbonyl (C=O) groups excluding carboxylic acids is 2. The lowest BCUT2D eigenvalue weighted by Crippen LogP contribution is -2.47. The van der Waals surface area contributed by atoms with E-state index in [0.29, 0.717) is 10.6 Å². The summed E-state index contributed by atoms with van der Waals surface area (Å²) in [5, 5.41) is 20.7. The van der Waals surface area contributed by atoms with Crippen LogP contribution in [-0.2, 0) is 20.9 Å². The number of nitro groups is 1. The van der Waals surface area contributed by atoms with Crippen molar-refractivity contribution in [2.45, 2.75) is 12.6 Å². The topological polar surface area (TPSA) is 139 Å². The fourth-order valence-electron chi connectivity index (χ4n) is 2.26. The number of amides is 2. The summed E-state index contributed by atoms with van der Waals surface area (Å²) in [6.45, 7) is -0.269. The Hall–Kier alpha value is -3.95. The minimum Gasteiger partial charge on any atom is -0.479 e. The molecule has 0 saturated carbocycles. The van der Waals surface area contributed by atoms with Gasteiger partial charge in [0, 0.05) is 12.1 Å². The third-order valence-corrected chi connectivity index (χ3v) is 3.51. The van der Waals surface area contributed by atoms with Crippen molar-refractivity contribution < 1.29 is 29.2 Å². The molecule has 0 aliphatic rings. The third kappa shape index (κ3) is 5.01. The van der Waals surface area contributed by atoms with Crippen LogP contribution in [0.2, 0.25) is 0 Å². The van der Waals surface area contributed by atoms with Crippen molar-refractivity contribution in [2.24, 2.45) is 0 Å². The Morgan fingerprint density at radius 3 is 2.33 bits per heavy atom. The van der Waals surface area contributed by atoms with Gasteiger partial charge in [-0.1, -0.05) is 30.3 Å². The molecule has 0 unspecified atom stereocenters. The van der Waals surface area contributed by atoms with Gasteiger partial charge in [-0.2, -0.15) is 5.01 Å². The number of benzene rings is 2. The van der Waals surface area contributed by atoms with Crippen LogP contribution in [0.4, 0.5) is 10.5 Å². The standard InChI is InChI=1S/C17H15N3O7/c21-11-18-19(15(16(22)23)13-4-2-1-3-5-13)17(24)27-10-12-6-8-14(9-7-12)20(25)26/h1-9,11,15H,10H2,(H,18,21)(H,22,23)/t15-/m1/s1. The van der Waals surface area contributed by atoms with E-state index in [1.807, 2.05) is 5.43 Å². The predicted molar refractivity (Wildman–Crippen MR) is 91.1 cm³/mol. The van der Waals surface area contributed by atoms with Crippen molar-refractivity contribution in [2.75, 3.05) is 0 Å². The molecule has 0 aliphatic heterocycles. The molecule has 140 valence electrons. The van der Waals surface area contributed by atoms with E-state index in [1.54, 1.807) is 18.2 Å². The van der Waals surface area contributed by atoms with Gasteiger partial charge in [-0.05, 0) is 23.3 Å². The molecule has 0 bridgehead atoms. The quantitative estimate of drug-likeness (QED) is 0.410. The largest absolute Gasteiger partial charge is 0.479 e. The van der Waals surface area contributed by atoms with Crippen LogP contribution in [0.3, 0.4) is 0 Å². The fraction of sp³-hybridized carbons (Fsp3) is 0.118. The molecule has 0 spiro atoms. The Morgan fingerprint density at radius 1 is 1.19 bits per heavy atom. The van der Waals surface area contributed by atoms with E-state index in [-0.39, 0.29) is 24.3 Å². The van der Waals surface area contributed by atoms with Crippen LogP contribution in [-0.4, -0.2) is 33.5 Å². The Bertz CT molecular complexity index is 824. The van der Waals surface area contributed by atoms with Gasteiger partial charge in [-0.25, -0.2) is 9.59 Å². The van der Waals surface area contributed by atoms with Gasteiger partial charge >= 0.3 is 12.1 Å². The van der Waals surface area contributed by atoms with Crippen LogP contribution in [0, 0.1) is 10.1 Å². The molecule has 1 atom stereocenters. The third-order valence-electron chi connectivity index (χ3n) is 3.51. The first-order valence-electron chi connectivity index (χ1n) is 7.61. The molecule has 27 heavy (non-hydrogen) atoms. The van der Waals surface area contributed by atoms with Crippen LogP contribution < -0.4 is 5.43 Å². The average Bonchev–Trinajstić information content (AvgIpc) is 2.66. The average molecular weight is 373 g/mol. The summed E-state index contributed by atoms with van der Waals surface area (Å²) < 4.78 is 5.03. The molecule has 0 aromatic heterocycles. The number of ether oxygens (including phenoxy) is 1. The summed E-state index contributed by atoms with van der Waals surface area (Å²) in [7, 11) is 0. The molecule has 0 aliphatic carbocycles. The second-order valence-corrected chi connectivity index (χ2v) is 5.25. The van der Waals surface area contributed by atoms with Crippen molar-refractivity contribution in [3.05, 3.63) is 75.8 Å². The van der Waals surface area contributed by atoms with E-state index >= 15 is 0 Å². The highest BCUT2D eigenvalue weighted by Crippen LogP contribution is 2.21. The number of nitro benzene ring substituents is 1. The van der Waals surface area contributed by atoms with Crippen molar-refractivity contribution in [1.29, 1.82) is 0 Å². The second-order valence-electron chi connectivity index (χ2n) is 5.25. The summed E-state index contributed by atoms with van der Waals surface area (Å²) in [5.41, 5.74) is 2.62. The normalized spacial score (nSPS) is 11.1. The maximum atomic E-state index is 12.3. The molecular weight excluding hydrogens is 358 g/mol. The van der Waals surface area contributed by atoms with Crippen LogP contribution >= 0.6 is 0 Å². The summed E-state index contributed by atoms with van der Waals surface area (Å²) in [6.07, 6.45) is -0.942. The SMILES string of the molecule is O=CNN(C(=O)OCc1ccc([N+](=O)[O-])cc1)[C@@H](C(=O)O)c1ccccc1. The Labute approximate surface area is 153 Å². The van der Waals surface area contributed by atoms with E-state index in [4.69, 9.17) is 4.74 Å². The maximum Gasteiger partial charge on any atom is 0.430 e. The van der Waals surface area contributed by atoms with Gasteiger partial charge in [-0.15, -0.1) is 0 Å². The van der Waals surface area contributed by atoms with E-state index in [1.165, 1.54) is 36.4 Å². The summed E-state index contributed by atoms with van der Waals surface area (Å²) in [6, 6.07) is 11.6. The number of carboxylic acids is 1. The van der Waals surface area contributed by atoms with Gasteiger partial charge in [0.2, 0.25) is 6.41 Å². The zero-order valence-electron chi connectivity index (χ0n) is 13.8. The summed E-state index contributed by atoms with van der Waals surface area (Å²) >= 11 is 0. The number of non-ortho nitro benzene ring substituents is 1. The minimum absolute atomic E-state index is 0.121. The Balaban J connectivity index is 2.14. The number of carboxylic acid groups (broad SMARTS) is 1. The van der Waals surface area contributed by atoms with Crippen LogP contribution in [0.15, 0.2) is 54.6 Å². The zero-order chi connectivity index (χ0) is 19.8. The molecule has 2 rings (SSSR count). The number of rotatable bonds is 8. The number of carbonyl (C=O) groups is 3. The highest BCUT2D eigenvalue weighted by atomic mass is 16.6. The van der Waals surface area contributed by atoms with Crippen molar-refractivity contribution in [3.8, 4) is 0 Å². The lowest BCUT2D eigenvalue weighted by atomic mass is 10.1. The maximum absolute atomic E-state index is 12.3. The van der Waals surface area contributed by atoms with Crippen molar-refractivity contribution in [1.82, 2.24) is 10.4 Å². The first-order valence-corrected chi connectivity index (χ1v) is 7.61. The molecule has 10 nitrogen and oxygen atoms in total. The summed E-state index contributed by atoms with van der Waals surface area (Å²) in [4.78, 5) is 44.8. The molecule has 10 heteroatoms. The summed E-state index contributed by atoms with van der Waals surface area (Å²) in [5.74, 6) is -1.37. The predicted octanol–water partition coefficient (Wildman–Crippen LogP) is 2.02. The van der Waals surface area contributed by atoms with Gasteiger partial charge in [0.25, 0.3) is 5.69 Å². The number of aliphatic carboxylic acids is 1. The van der Waals surface area contributed by atoms with Crippen molar-refractivity contribution in [3.63, 3.8) is 0 Å². The van der Waals surface area contributed by atoms with E-state index < -0.39 is 23.0 Å². The van der Waals surface area contributed by atoms with E-state index in [2.05, 4.69) is 0 Å². The number of nitrogens with zero attached hydrogens (tertiary/aromatic N) is 2. The van der Waals surface area contributed by atoms with Gasteiger partial charge in [0.1, 0.15) is 6.61 Å². The fourth-order valence-corrected chi connectivity index (χ4v) is 2.26. The number of hydrogen-bond donors (Lipinski definition) is 2. The number of nitrogens with one attached hydrogen (secondary N) is 1. The Kier molecular flexibility index (Phi) is 6.42. The number of hydrogen-bond acceptors (Lipinski definition) is 6. The molecule has 2 aromatic carbocycles. The molecule has 0 saturated heterocycles. The molecular formula is C17H15N3O7. The monoisotopic (exact) mass is 373 g/mol. The van der Waals surface area contributed by atoms with Crippen LogP contribution in [0.25, 0.3) is 0 Å². The molecule has 2 N–H and O–H groups in total. The van der Waals surface area contributed by atoms with Crippen LogP contribution in [0.1, 0.15) is 17.2 Å². The van der Waals surface area contributed by atoms with Crippen molar-refractivity contribution >= 4 is 24.2 Å². The highest BCUT2D eigenvalue weighted by Gasteiger charge is 2.32. The second kappa shape index (κ2) is 8.94. The smallest absolute Gasteiger partial charge is 0.430 e. The van der Waals surface area contributed by atoms with Crippen LogP contribution in [0.5, 0.6) is 0 Å². The molecule has 2 aromatic rings. The Morgan fingerprint density at radius 2 is 1.81 bits per heavy atom. The molecule has 2 amide bonds. The highest BCUT2D eigenvalue weighted by molar-refractivity contribution is 5.82. The van der Waals surface area contributed by atoms with E-state index in [9.17, 15) is 29.6 Å². The minimum atomic E-state index is -1.50. The zero-order valence-corrected chi connectivity index (χ0v) is 13.8. The van der Waals surface area contributed by atoms with Gasteiger partial charge in [0.15, 0.2) is 6.04 Å². The lowest BCUT2D eigenvalue weighted by Gasteiger charge is -2.26. The van der Waals surface area contributed by atoms with Gasteiger partial charge < -0.3 is 9.84 Å². The molecule has 0 radical (unpaired) electrons. The first-order chi connectivity index (χ1) is 12.9. The van der Waals surface area contributed by atoms with Gasteiger partial charge in [0.05, 0.1) is 4.92 Å².